The van der Waals surface area contributed by atoms with Gasteiger partial charge in [-0.05, 0) is 58.0 Å². The van der Waals surface area contributed by atoms with Crippen molar-refractivity contribution in [2.24, 2.45) is 0 Å². The molecule has 106 valence electrons. The van der Waals surface area contributed by atoms with Crippen LogP contribution in [0.5, 0.6) is 5.75 Å². The van der Waals surface area contributed by atoms with Crippen molar-refractivity contribution in [1.82, 2.24) is 10.2 Å². The third-order valence-corrected chi connectivity index (χ3v) is 3.68. The second-order valence-electron chi connectivity index (χ2n) is 5.72. The summed E-state index contributed by atoms with van der Waals surface area (Å²) in [6, 6.07) is 9.10. The minimum Gasteiger partial charge on any atom is -0.491 e. The molecule has 1 fully saturated rings. The molecule has 1 aromatic carbocycles. The van der Waals surface area contributed by atoms with E-state index in [1.807, 2.05) is 13.8 Å². The minimum atomic E-state index is 0.238. The van der Waals surface area contributed by atoms with E-state index in [1.165, 1.54) is 24.9 Å². The topological polar surface area (TPSA) is 24.5 Å². The maximum atomic E-state index is 5.64. The Hall–Kier alpha value is -1.06. The lowest BCUT2D eigenvalue weighted by Crippen LogP contribution is -2.35. The van der Waals surface area contributed by atoms with Crippen LogP contribution < -0.4 is 10.1 Å². The second kappa shape index (κ2) is 6.92. The van der Waals surface area contributed by atoms with Gasteiger partial charge in [-0.2, -0.15) is 0 Å². The lowest BCUT2D eigenvalue weighted by molar-refractivity contribution is 0.242. The average Bonchev–Trinajstić information content (AvgIpc) is 2.77. The van der Waals surface area contributed by atoms with Gasteiger partial charge in [-0.15, -0.1) is 0 Å². The Kier molecular flexibility index (Phi) is 5.23. The van der Waals surface area contributed by atoms with E-state index in [4.69, 9.17) is 4.74 Å². The first kappa shape index (κ1) is 14.4. The number of nitrogens with zero attached hydrogens (tertiary/aromatic N) is 1. The number of likely N-dealkylation sites (N-methyl/N-ethyl adjacent to an activating group) is 1. The van der Waals surface area contributed by atoms with Gasteiger partial charge in [0.15, 0.2) is 0 Å². The highest BCUT2D eigenvalue weighted by atomic mass is 16.5. The number of rotatable bonds is 6. The van der Waals surface area contributed by atoms with Gasteiger partial charge in [-0.3, -0.25) is 0 Å². The van der Waals surface area contributed by atoms with Gasteiger partial charge in [-0.25, -0.2) is 0 Å². The first-order valence-corrected chi connectivity index (χ1v) is 7.31. The molecule has 3 heteroatoms. The van der Waals surface area contributed by atoms with Crippen LogP contribution in [0.4, 0.5) is 0 Å². The summed E-state index contributed by atoms with van der Waals surface area (Å²) in [6.45, 7) is 7.36. The lowest BCUT2D eigenvalue weighted by atomic mass is 10.2. The highest BCUT2D eigenvalue weighted by Crippen LogP contribution is 2.15. The van der Waals surface area contributed by atoms with Gasteiger partial charge in [-0.1, -0.05) is 12.1 Å². The average molecular weight is 262 g/mol. The smallest absolute Gasteiger partial charge is 0.119 e. The third kappa shape index (κ3) is 4.51. The number of benzene rings is 1. The van der Waals surface area contributed by atoms with E-state index >= 15 is 0 Å². The molecule has 0 radical (unpaired) electrons. The van der Waals surface area contributed by atoms with Crippen LogP contribution in [0.25, 0.3) is 0 Å². The van der Waals surface area contributed by atoms with Gasteiger partial charge in [0.25, 0.3) is 0 Å². The highest BCUT2D eigenvalue weighted by Gasteiger charge is 2.19. The zero-order chi connectivity index (χ0) is 13.7. The van der Waals surface area contributed by atoms with Crippen molar-refractivity contribution in [1.29, 1.82) is 0 Å². The van der Waals surface area contributed by atoms with Gasteiger partial charge in [0.05, 0.1) is 6.10 Å². The fourth-order valence-corrected chi connectivity index (χ4v) is 2.58. The van der Waals surface area contributed by atoms with Crippen LogP contribution in [0.3, 0.4) is 0 Å². The maximum absolute atomic E-state index is 5.64. The monoisotopic (exact) mass is 262 g/mol. The summed E-state index contributed by atoms with van der Waals surface area (Å²) < 4.78 is 5.64. The Morgan fingerprint density at radius 1 is 1.32 bits per heavy atom. The van der Waals surface area contributed by atoms with E-state index < -0.39 is 0 Å². The van der Waals surface area contributed by atoms with E-state index in [-0.39, 0.29) is 6.10 Å². The quantitative estimate of drug-likeness (QED) is 0.853. The van der Waals surface area contributed by atoms with Crippen LogP contribution in [0.2, 0.25) is 0 Å². The fourth-order valence-electron chi connectivity index (χ4n) is 2.58. The van der Waals surface area contributed by atoms with E-state index in [2.05, 4.69) is 41.5 Å². The fraction of sp³-hybridized carbons (Fsp3) is 0.625. The zero-order valence-corrected chi connectivity index (χ0v) is 12.4. The Balaban J connectivity index is 1.73. The first-order valence-electron chi connectivity index (χ1n) is 7.31. The number of nitrogens with one attached hydrogen (secondary N) is 1. The van der Waals surface area contributed by atoms with Gasteiger partial charge in [0.2, 0.25) is 0 Å². The summed E-state index contributed by atoms with van der Waals surface area (Å²) in [5.74, 6) is 0.953. The van der Waals surface area contributed by atoms with Crippen molar-refractivity contribution < 1.29 is 4.74 Å². The third-order valence-electron chi connectivity index (χ3n) is 3.68. The molecule has 0 amide bonds. The molecule has 1 aliphatic rings. The number of ether oxygens (including phenoxy) is 1. The van der Waals surface area contributed by atoms with E-state index in [0.29, 0.717) is 6.04 Å². The molecule has 3 nitrogen and oxygen atoms in total. The predicted octanol–water partition coefficient (Wildman–Crippen LogP) is 2.66. The molecule has 1 atom stereocenters. The molecule has 0 aromatic heterocycles. The van der Waals surface area contributed by atoms with Crippen molar-refractivity contribution in [3.8, 4) is 5.75 Å². The molecule has 1 aliphatic heterocycles. The molecule has 0 saturated carbocycles. The van der Waals surface area contributed by atoms with Crippen molar-refractivity contribution in [2.75, 3.05) is 20.1 Å². The predicted molar refractivity (Wildman–Crippen MR) is 79.6 cm³/mol. The van der Waals surface area contributed by atoms with Crippen molar-refractivity contribution in [3.63, 3.8) is 0 Å². The Bertz CT molecular complexity index is 375. The molecular formula is C16H26N2O. The molecule has 1 saturated heterocycles. The molecule has 1 aromatic rings. The van der Waals surface area contributed by atoms with E-state index in [1.54, 1.807) is 0 Å². The standard InChI is InChI=1S/C16H26N2O/c1-13(2)19-16-8-6-14(7-9-16)11-17-12-15-5-4-10-18(15)3/h6-9,13,15,17H,4-5,10-12H2,1-3H3. The summed E-state index contributed by atoms with van der Waals surface area (Å²) in [5.41, 5.74) is 1.32. The largest absolute Gasteiger partial charge is 0.491 e. The summed E-state index contributed by atoms with van der Waals surface area (Å²) in [4.78, 5) is 2.45. The van der Waals surface area contributed by atoms with Crippen LogP contribution in [0.15, 0.2) is 24.3 Å². The van der Waals surface area contributed by atoms with Crippen LogP contribution in [-0.2, 0) is 6.54 Å². The maximum Gasteiger partial charge on any atom is 0.119 e. The Morgan fingerprint density at radius 3 is 2.63 bits per heavy atom. The van der Waals surface area contributed by atoms with Gasteiger partial charge >= 0.3 is 0 Å². The normalized spacial score (nSPS) is 20.1. The molecule has 0 spiro atoms. The second-order valence-corrected chi connectivity index (χ2v) is 5.72. The summed E-state index contributed by atoms with van der Waals surface area (Å²) in [6.07, 6.45) is 2.90. The van der Waals surface area contributed by atoms with Gasteiger partial charge in [0, 0.05) is 19.1 Å². The van der Waals surface area contributed by atoms with Gasteiger partial charge < -0.3 is 15.0 Å². The Morgan fingerprint density at radius 2 is 2.05 bits per heavy atom. The molecule has 1 heterocycles. The molecule has 1 N–H and O–H groups in total. The minimum absolute atomic E-state index is 0.238. The molecular weight excluding hydrogens is 236 g/mol. The van der Waals surface area contributed by atoms with Gasteiger partial charge in [0.1, 0.15) is 5.75 Å². The Labute approximate surface area is 116 Å². The molecule has 2 rings (SSSR count). The van der Waals surface area contributed by atoms with Crippen molar-refractivity contribution >= 4 is 0 Å². The van der Waals surface area contributed by atoms with E-state index in [9.17, 15) is 0 Å². The number of hydrogen-bond donors (Lipinski definition) is 1. The summed E-state index contributed by atoms with van der Waals surface area (Å²) in [5, 5.41) is 3.55. The lowest BCUT2D eigenvalue weighted by Gasteiger charge is -2.19. The summed E-state index contributed by atoms with van der Waals surface area (Å²) in [7, 11) is 2.22. The first-order chi connectivity index (χ1) is 9.15. The molecule has 0 aliphatic carbocycles. The van der Waals surface area contributed by atoms with Crippen LogP contribution in [-0.4, -0.2) is 37.2 Å². The SMILES string of the molecule is CC(C)Oc1ccc(CNCC2CCCN2C)cc1. The van der Waals surface area contributed by atoms with Crippen LogP contribution >= 0.6 is 0 Å². The summed E-state index contributed by atoms with van der Waals surface area (Å²) >= 11 is 0. The number of likely N-dealkylation sites (tertiary alicyclic amines) is 1. The van der Waals surface area contributed by atoms with Crippen molar-refractivity contribution in [2.45, 2.75) is 45.4 Å². The zero-order valence-electron chi connectivity index (χ0n) is 12.4. The number of hydrogen-bond acceptors (Lipinski definition) is 3. The van der Waals surface area contributed by atoms with Crippen molar-refractivity contribution in [3.05, 3.63) is 29.8 Å². The molecule has 19 heavy (non-hydrogen) atoms. The molecule has 1 unspecified atom stereocenters. The molecule has 0 bridgehead atoms. The van der Waals surface area contributed by atoms with E-state index in [0.717, 1.165) is 18.8 Å². The highest BCUT2D eigenvalue weighted by molar-refractivity contribution is 5.27. The van der Waals surface area contributed by atoms with Crippen LogP contribution in [0.1, 0.15) is 32.3 Å². The van der Waals surface area contributed by atoms with Crippen LogP contribution in [0, 0.1) is 0 Å².